The van der Waals surface area contributed by atoms with E-state index in [4.69, 9.17) is 9.47 Å². The highest BCUT2D eigenvalue weighted by atomic mass is 16.5. The Kier molecular flexibility index (Phi) is 4.83. The van der Waals surface area contributed by atoms with Gasteiger partial charge in [-0.3, -0.25) is 4.90 Å². The smallest absolute Gasteiger partial charge is 0.119 e. The normalized spacial score (nSPS) is 21.4. The molecule has 0 bridgehead atoms. The highest BCUT2D eigenvalue weighted by Gasteiger charge is 2.15. The van der Waals surface area contributed by atoms with Gasteiger partial charge in [-0.15, -0.1) is 0 Å². The van der Waals surface area contributed by atoms with Crippen LogP contribution in [0, 0.1) is 0 Å². The lowest BCUT2D eigenvalue weighted by atomic mass is 10.3. The summed E-state index contributed by atoms with van der Waals surface area (Å²) in [4.78, 5) is 2.45. The lowest BCUT2D eigenvalue weighted by Gasteiger charge is -2.30. The fraction of sp³-hybridized carbons (Fsp3) is 0.571. The lowest BCUT2D eigenvalue weighted by Crippen LogP contribution is -2.41. The molecule has 1 aromatic rings. The number of para-hydroxylation sites is 1. The SMILES string of the molecule is CC1CN(CCCOc2ccccc2)CCO1. The van der Waals surface area contributed by atoms with Gasteiger partial charge < -0.3 is 9.47 Å². The highest BCUT2D eigenvalue weighted by Crippen LogP contribution is 2.09. The molecule has 1 saturated heterocycles. The van der Waals surface area contributed by atoms with Crippen LogP contribution in [-0.4, -0.2) is 43.9 Å². The molecule has 1 aliphatic rings. The first-order valence-corrected chi connectivity index (χ1v) is 6.36. The average Bonchev–Trinajstić information content (AvgIpc) is 2.36. The van der Waals surface area contributed by atoms with Crippen molar-refractivity contribution in [3.63, 3.8) is 0 Å². The Morgan fingerprint density at radius 3 is 2.94 bits per heavy atom. The molecular weight excluding hydrogens is 214 g/mol. The van der Waals surface area contributed by atoms with Crippen molar-refractivity contribution < 1.29 is 9.47 Å². The summed E-state index contributed by atoms with van der Waals surface area (Å²) in [5.41, 5.74) is 0. The first kappa shape index (κ1) is 12.4. The van der Waals surface area contributed by atoms with Gasteiger partial charge in [0.2, 0.25) is 0 Å². The van der Waals surface area contributed by atoms with E-state index in [0.717, 1.165) is 45.0 Å². The van der Waals surface area contributed by atoms with Gasteiger partial charge in [0.05, 0.1) is 19.3 Å². The molecule has 1 aromatic carbocycles. The molecule has 17 heavy (non-hydrogen) atoms. The largest absolute Gasteiger partial charge is 0.494 e. The molecule has 2 rings (SSSR count). The molecule has 1 atom stereocenters. The average molecular weight is 235 g/mol. The third-order valence-electron chi connectivity index (χ3n) is 2.96. The standard InChI is InChI=1S/C14H21NO2/c1-13-12-15(9-11-16-13)8-5-10-17-14-6-3-2-4-7-14/h2-4,6-7,13H,5,8-12H2,1H3. The van der Waals surface area contributed by atoms with E-state index in [1.165, 1.54) is 0 Å². The number of hydrogen-bond acceptors (Lipinski definition) is 3. The number of nitrogens with zero attached hydrogens (tertiary/aromatic N) is 1. The van der Waals surface area contributed by atoms with Crippen molar-refractivity contribution in [1.29, 1.82) is 0 Å². The van der Waals surface area contributed by atoms with Gasteiger partial charge in [0.25, 0.3) is 0 Å². The zero-order chi connectivity index (χ0) is 11.9. The molecule has 0 spiro atoms. The number of rotatable bonds is 5. The van der Waals surface area contributed by atoms with Gasteiger partial charge in [-0.05, 0) is 25.5 Å². The van der Waals surface area contributed by atoms with Crippen LogP contribution >= 0.6 is 0 Å². The molecule has 1 unspecified atom stereocenters. The van der Waals surface area contributed by atoms with Gasteiger partial charge in [-0.2, -0.15) is 0 Å². The van der Waals surface area contributed by atoms with E-state index in [2.05, 4.69) is 11.8 Å². The van der Waals surface area contributed by atoms with Crippen LogP contribution in [0.5, 0.6) is 5.75 Å². The molecule has 1 aliphatic heterocycles. The van der Waals surface area contributed by atoms with Crippen molar-refractivity contribution in [3.05, 3.63) is 30.3 Å². The van der Waals surface area contributed by atoms with Crippen molar-refractivity contribution >= 4 is 0 Å². The Morgan fingerprint density at radius 1 is 1.35 bits per heavy atom. The van der Waals surface area contributed by atoms with E-state index >= 15 is 0 Å². The zero-order valence-electron chi connectivity index (χ0n) is 10.5. The van der Waals surface area contributed by atoms with Gasteiger partial charge in [0.15, 0.2) is 0 Å². The molecule has 1 heterocycles. The monoisotopic (exact) mass is 235 g/mol. The molecule has 0 amide bonds. The summed E-state index contributed by atoms with van der Waals surface area (Å²) in [5.74, 6) is 0.961. The van der Waals surface area contributed by atoms with Crippen LogP contribution in [-0.2, 0) is 4.74 Å². The quantitative estimate of drug-likeness (QED) is 0.730. The molecule has 3 nitrogen and oxygen atoms in total. The maximum atomic E-state index is 5.67. The van der Waals surface area contributed by atoms with Crippen LogP contribution < -0.4 is 4.74 Å². The van der Waals surface area contributed by atoms with Crippen LogP contribution in [0.2, 0.25) is 0 Å². The predicted molar refractivity (Wildman–Crippen MR) is 68.4 cm³/mol. The molecule has 0 aromatic heterocycles. The van der Waals surface area contributed by atoms with Crippen LogP contribution in [0.3, 0.4) is 0 Å². The Balaban J connectivity index is 1.60. The van der Waals surface area contributed by atoms with Crippen LogP contribution in [0.15, 0.2) is 30.3 Å². The minimum atomic E-state index is 0.374. The molecular formula is C14H21NO2. The van der Waals surface area contributed by atoms with Gasteiger partial charge in [0, 0.05) is 19.6 Å². The second kappa shape index (κ2) is 6.62. The maximum Gasteiger partial charge on any atom is 0.119 e. The van der Waals surface area contributed by atoms with Crippen molar-refractivity contribution in [2.45, 2.75) is 19.4 Å². The summed E-state index contributed by atoms with van der Waals surface area (Å²) in [5, 5.41) is 0. The Morgan fingerprint density at radius 2 is 2.18 bits per heavy atom. The molecule has 3 heteroatoms. The van der Waals surface area contributed by atoms with Gasteiger partial charge in [-0.25, -0.2) is 0 Å². The summed E-state index contributed by atoms with van der Waals surface area (Å²) < 4.78 is 11.2. The van der Waals surface area contributed by atoms with Crippen LogP contribution in [0.1, 0.15) is 13.3 Å². The van der Waals surface area contributed by atoms with E-state index in [9.17, 15) is 0 Å². The highest BCUT2D eigenvalue weighted by molar-refractivity contribution is 5.20. The molecule has 0 radical (unpaired) electrons. The minimum absolute atomic E-state index is 0.374. The Hall–Kier alpha value is -1.06. The predicted octanol–water partition coefficient (Wildman–Crippen LogP) is 2.18. The molecule has 0 aliphatic carbocycles. The summed E-state index contributed by atoms with van der Waals surface area (Å²) >= 11 is 0. The van der Waals surface area contributed by atoms with E-state index in [-0.39, 0.29) is 0 Å². The second-order valence-electron chi connectivity index (χ2n) is 4.50. The van der Waals surface area contributed by atoms with Crippen molar-refractivity contribution in [3.8, 4) is 5.75 Å². The van der Waals surface area contributed by atoms with E-state index in [1.54, 1.807) is 0 Å². The lowest BCUT2D eigenvalue weighted by molar-refractivity contribution is -0.0193. The summed E-state index contributed by atoms with van der Waals surface area (Å²) in [6.07, 6.45) is 1.44. The van der Waals surface area contributed by atoms with Crippen molar-refractivity contribution in [2.75, 3.05) is 32.8 Å². The number of morpholine rings is 1. The van der Waals surface area contributed by atoms with E-state index in [1.807, 2.05) is 30.3 Å². The van der Waals surface area contributed by atoms with Gasteiger partial charge in [-0.1, -0.05) is 18.2 Å². The summed E-state index contributed by atoms with van der Waals surface area (Å²) in [6.45, 7) is 6.98. The zero-order valence-corrected chi connectivity index (χ0v) is 10.5. The Bertz CT molecular complexity index is 315. The fourth-order valence-electron chi connectivity index (χ4n) is 2.09. The number of hydrogen-bond donors (Lipinski definition) is 0. The third kappa shape index (κ3) is 4.36. The number of benzene rings is 1. The summed E-state index contributed by atoms with van der Waals surface area (Å²) in [6, 6.07) is 9.99. The maximum absolute atomic E-state index is 5.67. The van der Waals surface area contributed by atoms with Crippen LogP contribution in [0.4, 0.5) is 0 Å². The third-order valence-corrected chi connectivity index (χ3v) is 2.96. The van der Waals surface area contributed by atoms with Crippen LogP contribution in [0.25, 0.3) is 0 Å². The first-order valence-electron chi connectivity index (χ1n) is 6.36. The molecule has 0 N–H and O–H groups in total. The first-order chi connectivity index (χ1) is 8.34. The fourth-order valence-corrected chi connectivity index (χ4v) is 2.09. The minimum Gasteiger partial charge on any atom is -0.494 e. The molecule has 94 valence electrons. The van der Waals surface area contributed by atoms with Crippen molar-refractivity contribution in [1.82, 2.24) is 4.90 Å². The van der Waals surface area contributed by atoms with Gasteiger partial charge in [0.1, 0.15) is 5.75 Å². The van der Waals surface area contributed by atoms with Gasteiger partial charge >= 0.3 is 0 Å². The Labute approximate surface area is 103 Å². The van der Waals surface area contributed by atoms with E-state index < -0.39 is 0 Å². The van der Waals surface area contributed by atoms with E-state index in [0.29, 0.717) is 6.10 Å². The molecule has 0 saturated carbocycles. The topological polar surface area (TPSA) is 21.7 Å². The second-order valence-corrected chi connectivity index (χ2v) is 4.50. The van der Waals surface area contributed by atoms with Crippen molar-refractivity contribution in [2.24, 2.45) is 0 Å². The molecule has 1 fully saturated rings. The number of ether oxygens (including phenoxy) is 2. The summed E-state index contributed by atoms with van der Waals surface area (Å²) in [7, 11) is 0.